The number of ether oxygens (including phenoxy) is 1. The van der Waals surface area contributed by atoms with Crippen LogP contribution in [0, 0.1) is 5.92 Å². The van der Waals surface area contributed by atoms with E-state index in [1.165, 1.54) is 0 Å². The molecule has 0 aromatic heterocycles. The molecule has 1 N–H and O–H groups in total. The van der Waals surface area contributed by atoms with Gasteiger partial charge in [0.1, 0.15) is 5.75 Å². The summed E-state index contributed by atoms with van der Waals surface area (Å²) in [6.07, 6.45) is 0. The first kappa shape index (κ1) is 18.8. The van der Waals surface area contributed by atoms with Crippen LogP contribution in [0.3, 0.4) is 0 Å². The number of hydrogen-bond acceptors (Lipinski definition) is 2. The molecule has 0 spiro atoms. The molecule has 0 heterocycles. The third kappa shape index (κ3) is 4.72. The minimum absolute atomic E-state index is 0.275. The summed E-state index contributed by atoms with van der Waals surface area (Å²) in [5, 5.41) is 9.01. The predicted octanol–water partition coefficient (Wildman–Crippen LogP) is 5.60. The lowest BCUT2D eigenvalue weighted by Crippen LogP contribution is -2.07. The summed E-state index contributed by atoms with van der Waals surface area (Å²) in [6.45, 7) is 13.4. The van der Waals surface area contributed by atoms with E-state index in [1.54, 1.807) is 24.3 Å². The van der Waals surface area contributed by atoms with E-state index >= 15 is 0 Å². The first-order valence-electron chi connectivity index (χ1n) is 8.59. The lowest BCUT2D eigenvalue weighted by Gasteiger charge is -2.17. The van der Waals surface area contributed by atoms with Gasteiger partial charge >= 0.3 is 5.97 Å². The van der Waals surface area contributed by atoms with Crippen LogP contribution in [0.15, 0.2) is 49.0 Å². The predicted molar refractivity (Wildman–Crippen MR) is 102 cm³/mol. The van der Waals surface area contributed by atoms with Crippen molar-refractivity contribution in [3.63, 3.8) is 0 Å². The largest absolute Gasteiger partial charge is 0.493 e. The Labute approximate surface area is 150 Å². The van der Waals surface area contributed by atoms with Crippen LogP contribution >= 0.6 is 0 Å². The smallest absolute Gasteiger partial charge is 0.335 e. The van der Waals surface area contributed by atoms with Crippen LogP contribution in [-0.2, 0) is 0 Å². The number of carboxylic acid groups (broad SMARTS) is 1. The number of benzene rings is 2. The van der Waals surface area contributed by atoms with Gasteiger partial charge in [-0.2, -0.15) is 0 Å². The van der Waals surface area contributed by atoms with E-state index in [-0.39, 0.29) is 5.56 Å². The SMILES string of the molecule is C=C(c1ccc(C(=O)O)cc1)c1ccc(OCC(C)C)c(C(C)C)c1. The fourth-order valence-corrected chi connectivity index (χ4v) is 2.56. The van der Waals surface area contributed by atoms with E-state index in [2.05, 4.69) is 40.3 Å². The van der Waals surface area contributed by atoms with Gasteiger partial charge < -0.3 is 9.84 Å². The number of rotatable bonds is 7. The van der Waals surface area contributed by atoms with E-state index in [9.17, 15) is 4.79 Å². The van der Waals surface area contributed by atoms with Crippen molar-refractivity contribution in [2.75, 3.05) is 6.61 Å². The maximum atomic E-state index is 11.0. The van der Waals surface area contributed by atoms with Crippen molar-refractivity contribution in [1.82, 2.24) is 0 Å². The molecule has 0 amide bonds. The molecular weight excluding hydrogens is 312 g/mol. The highest BCUT2D eigenvalue weighted by molar-refractivity contribution is 5.88. The van der Waals surface area contributed by atoms with Gasteiger partial charge in [0.05, 0.1) is 12.2 Å². The summed E-state index contributed by atoms with van der Waals surface area (Å²) < 4.78 is 5.95. The molecule has 2 aromatic carbocycles. The minimum Gasteiger partial charge on any atom is -0.493 e. The molecular formula is C22H26O3. The Morgan fingerprint density at radius 3 is 2.08 bits per heavy atom. The van der Waals surface area contributed by atoms with Crippen LogP contribution in [0.1, 0.15) is 60.7 Å². The van der Waals surface area contributed by atoms with Crippen molar-refractivity contribution in [3.05, 3.63) is 71.3 Å². The van der Waals surface area contributed by atoms with Crippen molar-refractivity contribution in [2.24, 2.45) is 5.92 Å². The number of carboxylic acids is 1. The van der Waals surface area contributed by atoms with Crippen molar-refractivity contribution in [2.45, 2.75) is 33.6 Å². The maximum Gasteiger partial charge on any atom is 0.335 e. The summed E-state index contributed by atoms with van der Waals surface area (Å²) in [5.41, 5.74) is 4.23. The van der Waals surface area contributed by atoms with Gasteiger partial charge in [-0.15, -0.1) is 0 Å². The van der Waals surface area contributed by atoms with E-state index in [0.717, 1.165) is 28.0 Å². The second-order valence-corrected chi connectivity index (χ2v) is 6.97. The maximum absolute atomic E-state index is 11.0. The van der Waals surface area contributed by atoms with Gasteiger partial charge in [-0.1, -0.05) is 52.5 Å². The van der Waals surface area contributed by atoms with Gasteiger partial charge in [-0.05, 0) is 58.4 Å². The van der Waals surface area contributed by atoms with Crippen molar-refractivity contribution in [3.8, 4) is 5.75 Å². The summed E-state index contributed by atoms with van der Waals surface area (Å²) in [4.78, 5) is 11.0. The van der Waals surface area contributed by atoms with Crippen LogP contribution in [0.5, 0.6) is 5.75 Å². The third-order valence-corrected chi connectivity index (χ3v) is 4.03. The van der Waals surface area contributed by atoms with E-state index in [4.69, 9.17) is 9.84 Å². The Bertz CT molecular complexity index is 755. The fourth-order valence-electron chi connectivity index (χ4n) is 2.56. The second-order valence-electron chi connectivity index (χ2n) is 6.97. The summed E-state index contributed by atoms with van der Waals surface area (Å²) in [6, 6.07) is 12.9. The van der Waals surface area contributed by atoms with Gasteiger partial charge in [-0.25, -0.2) is 4.79 Å². The van der Waals surface area contributed by atoms with Crippen LogP contribution in [0.25, 0.3) is 5.57 Å². The Kier molecular flexibility index (Phi) is 6.02. The quantitative estimate of drug-likeness (QED) is 0.714. The van der Waals surface area contributed by atoms with E-state index in [1.807, 2.05) is 12.1 Å². The fraction of sp³-hybridized carbons (Fsp3) is 0.318. The molecule has 2 aromatic rings. The Hall–Kier alpha value is -2.55. The molecule has 3 heteroatoms. The molecule has 0 unspecified atom stereocenters. The highest BCUT2D eigenvalue weighted by atomic mass is 16.5. The van der Waals surface area contributed by atoms with Gasteiger partial charge in [0.25, 0.3) is 0 Å². The lowest BCUT2D eigenvalue weighted by molar-refractivity contribution is 0.0697. The zero-order valence-electron chi connectivity index (χ0n) is 15.4. The molecule has 2 rings (SSSR count). The van der Waals surface area contributed by atoms with Gasteiger partial charge in [0.15, 0.2) is 0 Å². The molecule has 0 aliphatic rings. The zero-order valence-corrected chi connectivity index (χ0v) is 15.4. The molecule has 0 fully saturated rings. The van der Waals surface area contributed by atoms with Crippen molar-refractivity contribution < 1.29 is 14.6 Å². The molecule has 0 atom stereocenters. The molecule has 0 saturated carbocycles. The minimum atomic E-state index is -0.925. The summed E-state index contributed by atoms with van der Waals surface area (Å²) >= 11 is 0. The van der Waals surface area contributed by atoms with Crippen LogP contribution in [0.4, 0.5) is 0 Å². The molecule has 0 aliphatic heterocycles. The molecule has 3 nitrogen and oxygen atoms in total. The third-order valence-electron chi connectivity index (χ3n) is 4.03. The standard InChI is InChI=1S/C22H26O3/c1-14(2)13-25-21-11-10-19(12-20(21)15(3)4)16(5)17-6-8-18(9-7-17)22(23)24/h6-12,14-15H,5,13H2,1-4H3,(H,23,24). The lowest BCUT2D eigenvalue weighted by atomic mass is 9.93. The highest BCUT2D eigenvalue weighted by Crippen LogP contribution is 2.32. The second kappa shape index (κ2) is 8.02. The van der Waals surface area contributed by atoms with Crippen molar-refractivity contribution >= 4 is 11.5 Å². The molecule has 0 aliphatic carbocycles. The summed E-state index contributed by atoms with van der Waals surface area (Å²) in [5.74, 6) is 0.805. The molecule has 0 bridgehead atoms. The first-order valence-corrected chi connectivity index (χ1v) is 8.59. The first-order chi connectivity index (χ1) is 11.8. The Morgan fingerprint density at radius 1 is 1.00 bits per heavy atom. The highest BCUT2D eigenvalue weighted by Gasteiger charge is 2.12. The van der Waals surface area contributed by atoms with Crippen LogP contribution in [-0.4, -0.2) is 17.7 Å². The van der Waals surface area contributed by atoms with E-state index < -0.39 is 5.97 Å². The normalized spacial score (nSPS) is 11.0. The van der Waals surface area contributed by atoms with Gasteiger partial charge in [0.2, 0.25) is 0 Å². The monoisotopic (exact) mass is 338 g/mol. The van der Waals surface area contributed by atoms with Gasteiger partial charge in [-0.3, -0.25) is 0 Å². The Balaban J connectivity index is 2.30. The van der Waals surface area contributed by atoms with E-state index in [0.29, 0.717) is 18.4 Å². The van der Waals surface area contributed by atoms with Crippen molar-refractivity contribution in [1.29, 1.82) is 0 Å². The molecule has 0 saturated heterocycles. The molecule has 0 radical (unpaired) electrons. The van der Waals surface area contributed by atoms with Crippen LogP contribution < -0.4 is 4.74 Å². The van der Waals surface area contributed by atoms with Crippen LogP contribution in [0.2, 0.25) is 0 Å². The average molecular weight is 338 g/mol. The topological polar surface area (TPSA) is 46.5 Å². The average Bonchev–Trinajstić information content (AvgIpc) is 2.59. The number of carbonyl (C=O) groups is 1. The number of aromatic carboxylic acids is 1. The number of hydrogen-bond donors (Lipinski definition) is 1. The molecule has 25 heavy (non-hydrogen) atoms. The molecule has 132 valence electrons. The Morgan fingerprint density at radius 2 is 1.56 bits per heavy atom. The van der Waals surface area contributed by atoms with Gasteiger partial charge in [0, 0.05) is 0 Å². The zero-order chi connectivity index (χ0) is 18.6. The summed E-state index contributed by atoms with van der Waals surface area (Å²) in [7, 11) is 0.